The summed E-state index contributed by atoms with van der Waals surface area (Å²) in [5, 5.41) is 18.1. The van der Waals surface area contributed by atoms with Crippen molar-refractivity contribution >= 4 is 5.97 Å². The molecule has 4 nitrogen and oxygen atoms in total. The lowest BCUT2D eigenvalue weighted by Gasteiger charge is -2.20. The number of likely N-dealkylation sites (N-methyl/N-ethyl adjacent to an activating group) is 1. The van der Waals surface area contributed by atoms with Crippen LogP contribution in [0.25, 0.3) is 0 Å². The number of carboxylic acid groups (broad SMARTS) is 1. The number of benzene rings is 1. The summed E-state index contributed by atoms with van der Waals surface area (Å²) < 4.78 is 0. The predicted molar refractivity (Wildman–Crippen MR) is 70.5 cm³/mol. The van der Waals surface area contributed by atoms with E-state index in [0.717, 1.165) is 0 Å². The van der Waals surface area contributed by atoms with Crippen molar-refractivity contribution in [3.63, 3.8) is 0 Å². The third kappa shape index (κ3) is 4.85. The van der Waals surface area contributed by atoms with E-state index in [2.05, 4.69) is 32.0 Å². The fourth-order valence-corrected chi connectivity index (χ4v) is 1.90. The lowest BCUT2D eigenvalue weighted by atomic mass is 10.1. The molecule has 1 unspecified atom stereocenters. The fourth-order valence-electron chi connectivity index (χ4n) is 1.90. The Morgan fingerprint density at radius 1 is 1.33 bits per heavy atom. The molecule has 0 aromatic heterocycles. The van der Waals surface area contributed by atoms with Gasteiger partial charge in [-0.05, 0) is 37.6 Å². The molecule has 0 amide bonds. The predicted octanol–water partition coefficient (Wildman–Crippen LogP) is 1.57. The number of nitrogens with zero attached hydrogens (tertiary/aromatic N) is 1. The maximum Gasteiger partial charge on any atom is 0.306 e. The third-order valence-corrected chi connectivity index (χ3v) is 2.96. The normalized spacial score (nSPS) is 12.7. The molecule has 0 saturated carbocycles. The molecule has 0 fully saturated rings. The van der Waals surface area contributed by atoms with Crippen molar-refractivity contribution in [2.24, 2.45) is 0 Å². The van der Waals surface area contributed by atoms with E-state index < -0.39 is 12.1 Å². The zero-order valence-corrected chi connectivity index (χ0v) is 11.2. The summed E-state index contributed by atoms with van der Waals surface area (Å²) in [7, 11) is 1.88. The number of aliphatic hydroxyl groups is 1. The summed E-state index contributed by atoms with van der Waals surface area (Å²) in [6, 6.07) is 6.25. The van der Waals surface area contributed by atoms with Crippen molar-refractivity contribution in [1.82, 2.24) is 4.90 Å². The molecule has 0 saturated heterocycles. The Balaban J connectivity index is 2.51. The van der Waals surface area contributed by atoms with E-state index in [4.69, 9.17) is 5.11 Å². The van der Waals surface area contributed by atoms with Crippen molar-refractivity contribution in [3.8, 4) is 0 Å². The third-order valence-electron chi connectivity index (χ3n) is 2.96. The van der Waals surface area contributed by atoms with E-state index in [0.29, 0.717) is 13.1 Å². The minimum absolute atomic E-state index is 0.211. The quantitative estimate of drug-likeness (QED) is 0.805. The van der Waals surface area contributed by atoms with E-state index in [1.54, 1.807) is 0 Å². The van der Waals surface area contributed by atoms with Gasteiger partial charge in [-0.15, -0.1) is 0 Å². The van der Waals surface area contributed by atoms with Crippen LogP contribution in [0.1, 0.15) is 23.1 Å². The second-order valence-electron chi connectivity index (χ2n) is 4.87. The van der Waals surface area contributed by atoms with Crippen LogP contribution in [-0.2, 0) is 11.3 Å². The molecule has 1 rings (SSSR count). The molecule has 0 aliphatic heterocycles. The van der Waals surface area contributed by atoms with Crippen LogP contribution in [0.2, 0.25) is 0 Å². The van der Waals surface area contributed by atoms with Crippen LogP contribution in [0.4, 0.5) is 0 Å². The summed E-state index contributed by atoms with van der Waals surface area (Å²) in [5.74, 6) is -0.970. The van der Waals surface area contributed by atoms with E-state index >= 15 is 0 Å². The molecule has 18 heavy (non-hydrogen) atoms. The lowest BCUT2D eigenvalue weighted by molar-refractivity contribution is -0.139. The average Bonchev–Trinajstić information content (AvgIpc) is 2.21. The minimum atomic E-state index is -0.970. The van der Waals surface area contributed by atoms with Crippen molar-refractivity contribution in [2.75, 3.05) is 13.6 Å². The first-order chi connectivity index (χ1) is 8.38. The molecular formula is C14H21NO3. The highest BCUT2D eigenvalue weighted by molar-refractivity contribution is 5.67. The largest absolute Gasteiger partial charge is 0.481 e. The molecule has 1 atom stereocenters. The average molecular weight is 251 g/mol. The van der Waals surface area contributed by atoms with Crippen molar-refractivity contribution in [1.29, 1.82) is 0 Å². The first kappa shape index (κ1) is 14.7. The van der Waals surface area contributed by atoms with Gasteiger partial charge in [-0.2, -0.15) is 0 Å². The molecule has 0 radical (unpaired) electrons. The van der Waals surface area contributed by atoms with Gasteiger partial charge in [0.15, 0.2) is 0 Å². The highest BCUT2D eigenvalue weighted by Crippen LogP contribution is 2.11. The van der Waals surface area contributed by atoms with Crippen LogP contribution in [-0.4, -0.2) is 40.8 Å². The molecule has 0 spiro atoms. The number of carbonyl (C=O) groups is 1. The Morgan fingerprint density at radius 3 is 2.56 bits per heavy atom. The lowest BCUT2D eigenvalue weighted by Crippen LogP contribution is -2.30. The minimum Gasteiger partial charge on any atom is -0.481 e. The second kappa shape index (κ2) is 6.52. The van der Waals surface area contributed by atoms with Gasteiger partial charge in [0.1, 0.15) is 0 Å². The standard InChI is InChI=1S/C14H21NO3/c1-10-4-5-12(6-11(10)2)8-15(3)9-13(16)7-14(17)18/h4-6,13,16H,7-9H2,1-3H3,(H,17,18). The highest BCUT2D eigenvalue weighted by Gasteiger charge is 2.12. The number of carboxylic acids is 1. The maximum absolute atomic E-state index is 10.5. The first-order valence-corrected chi connectivity index (χ1v) is 6.03. The van der Waals surface area contributed by atoms with E-state index in [-0.39, 0.29) is 6.42 Å². The smallest absolute Gasteiger partial charge is 0.306 e. The summed E-state index contributed by atoms with van der Waals surface area (Å²) in [6.07, 6.45) is -1.03. The topological polar surface area (TPSA) is 60.8 Å². The molecule has 0 bridgehead atoms. The van der Waals surface area contributed by atoms with Gasteiger partial charge in [-0.1, -0.05) is 18.2 Å². The maximum atomic E-state index is 10.5. The SMILES string of the molecule is Cc1ccc(CN(C)CC(O)CC(=O)O)cc1C. The van der Waals surface area contributed by atoms with Crippen LogP contribution in [0.15, 0.2) is 18.2 Å². The Bertz CT molecular complexity index is 418. The van der Waals surface area contributed by atoms with Crippen LogP contribution < -0.4 is 0 Å². The van der Waals surface area contributed by atoms with Gasteiger partial charge in [-0.25, -0.2) is 0 Å². The zero-order chi connectivity index (χ0) is 13.7. The molecule has 100 valence electrons. The number of rotatable bonds is 6. The van der Waals surface area contributed by atoms with Gasteiger partial charge in [0.25, 0.3) is 0 Å². The Kier molecular flexibility index (Phi) is 5.31. The number of aliphatic hydroxyl groups excluding tert-OH is 1. The second-order valence-corrected chi connectivity index (χ2v) is 4.87. The summed E-state index contributed by atoms with van der Waals surface area (Å²) in [4.78, 5) is 12.4. The zero-order valence-electron chi connectivity index (χ0n) is 11.2. The molecule has 1 aromatic carbocycles. The molecular weight excluding hydrogens is 230 g/mol. The molecule has 0 heterocycles. The Hall–Kier alpha value is -1.39. The van der Waals surface area contributed by atoms with Crippen LogP contribution in [0.5, 0.6) is 0 Å². The van der Waals surface area contributed by atoms with Gasteiger partial charge in [-0.3, -0.25) is 9.69 Å². The highest BCUT2D eigenvalue weighted by atomic mass is 16.4. The van der Waals surface area contributed by atoms with E-state index in [1.807, 2.05) is 11.9 Å². The Labute approximate surface area is 108 Å². The van der Waals surface area contributed by atoms with Gasteiger partial charge >= 0.3 is 5.97 Å². The monoisotopic (exact) mass is 251 g/mol. The molecule has 0 aliphatic carbocycles. The first-order valence-electron chi connectivity index (χ1n) is 6.03. The number of hydrogen-bond acceptors (Lipinski definition) is 3. The van der Waals surface area contributed by atoms with Crippen LogP contribution in [0, 0.1) is 13.8 Å². The van der Waals surface area contributed by atoms with Gasteiger partial charge in [0, 0.05) is 13.1 Å². The summed E-state index contributed by atoms with van der Waals surface area (Å²) >= 11 is 0. The van der Waals surface area contributed by atoms with Crippen LogP contribution >= 0.6 is 0 Å². The van der Waals surface area contributed by atoms with Gasteiger partial charge in [0.2, 0.25) is 0 Å². The molecule has 0 aliphatic rings. The summed E-state index contributed by atoms with van der Waals surface area (Å²) in [6.45, 7) is 5.20. The van der Waals surface area contributed by atoms with Crippen molar-refractivity contribution in [3.05, 3.63) is 34.9 Å². The van der Waals surface area contributed by atoms with E-state index in [9.17, 15) is 9.90 Å². The number of aliphatic carboxylic acids is 1. The number of aryl methyl sites for hydroxylation is 2. The number of hydrogen-bond donors (Lipinski definition) is 2. The fraction of sp³-hybridized carbons (Fsp3) is 0.500. The molecule has 2 N–H and O–H groups in total. The van der Waals surface area contributed by atoms with Crippen molar-refractivity contribution in [2.45, 2.75) is 32.9 Å². The molecule has 4 heteroatoms. The van der Waals surface area contributed by atoms with Gasteiger partial charge < -0.3 is 10.2 Å². The van der Waals surface area contributed by atoms with Crippen LogP contribution in [0.3, 0.4) is 0 Å². The summed E-state index contributed by atoms with van der Waals surface area (Å²) in [5.41, 5.74) is 3.67. The van der Waals surface area contributed by atoms with Crippen molar-refractivity contribution < 1.29 is 15.0 Å². The molecule has 1 aromatic rings. The Morgan fingerprint density at radius 2 is 2.00 bits per heavy atom. The van der Waals surface area contributed by atoms with Gasteiger partial charge in [0.05, 0.1) is 12.5 Å². The van der Waals surface area contributed by atoms with E-state index in [1.165, 1.54) is 16.7 Å².